The van der Waals surface area contributed by atoms with Gasteiger partial charge in [-0.1, -0.05) is 18.2 Å². The Labute approximate surface area is 161 Å². The predicted molar refractivity (Wildman–Crippen MR) is 102 cm³/mol. The highest BCUT2D eigenvalue weighted by Gasteiger charge is 2.36. The summed E-state index contributed by atoms with van der Waals surface area (Å²) in [6.07, 6.45) is 2.37. The van der Waals surface area contributed by atoms with E-state index in [1.807, 2.05) is 17.5 Å². The lowest BCUT2D eigenvalue weighted by atomic mass is 10.0. The molecule has 7 heteroatoms. The second kappa shape index (κ2) is 7.23. The largest absolute Gasteiger partial charge is 0.336 e. The number of thiophene rings is 1. The molecule has 1 fully saturated rings. The number of benzene rings is 1. The van der Waals surface area contributed by atoms with Crippen LogP contribution in [0.4, 0.5) is 4.39 Å². The number of likely N-dealkylation sites (N-methyl/N-ethyl adjacent to an activating group) is 1. The van der Waals surface area contributed by atoms with Gasteiger partial charge in [-0.3, -0.25) is 9.59 Å². The molecule has 140 valence electrons. The van der Waals surface area contributed by atoms with Crippen LogP contribution in [0.5, 0.6) is 0 Å². The summed E-state index contributed by atoms with van der Waals surface area (Å²) >= 11 is 1.57. The third-order valence-corrected chi connectivity index (χ3v) is 5.82. The fourth-order valence-electron chi connectivity index (χ4n) is 3.27. The molecule has 0 unspecified atom stereocenters. The van der Waals surface area contributed by atoms with E-state index in [9.17, 15) is 14.0 Å². The maximum atomic E-state index is 13.3. The summed E-state index contributed by atoms with van der Waals surface area (Å²) in [6, 6.07) is 9.79. The van der Waals surface area contributed by atoms with Crippen molar-refractivity contribution in [2.24, 2.45) is 11.0 Å². The SMILES string of the molecule is CN(CC(=O)N1N=C(c2cccs2)C[C@H]1c1ccc(F)cc1)C(=O)C1CC1. The number of nitrogens with zero attached hydrogens (tertiary/aromatic N) is 3. The lowest BCUT2D eigenvalue weighted by Crippen LogP contribution is -2.39. The molecular formula is C20H20FN3O2S. The number of hydrogen-bond donors (Lipinski definition) is 0. The quantitative estimate of drug-likeness (QED) is 0.792. The minimum absolute atomic E-state index is 0.00571. The summed E-state index contributed by atoms with van der Waals surface area (Å²) in [5, 5.41) is 7.99. The fourth-order valence-corrected chi connectivity index (χ4v) is 3.99. The molecule has 1 aromatic carbocycles. The smallest absolute Gasteiger partial charge is 0.262 e. The van der Waals surface area contributed by atoms with Crippen molar-refractivity contribution in [2.75, 3.05) is 13.6 Å². The monoisotopic (exact) mass is 385 g/mol. The lowest BCUT2D eigenvalue weighted by molar-refractivity contribution is -0.141. The van der Waals surface area contributed by atoms with E-state index < -0.39 is 0 Å². The highest BCUT2D eigenvalue weighted by Crippen LogP contribution is 2.34. The van der Waals surface area contributed by atoms with Crippen LogP contribution >= 0.6 is 11.3 Å². The molecule has 0 saturated heterocycles. The molecule has 2 heterocycles. The topological polar surface area (TPSA) is 53.0 Å². The van der Waals surface area contributed by atoms with Crippen LogP contribution in [-0.2, 0) is 9.59 Å². The molecule has 5 nitrogen and oxygen atoms in total. The second-order valence-electron chi connectivity index (χ2n) is 7.00. The maximum Gasteiger partial charge on any atom is 0.262 e. The zero-order valence-corrected chi connectivity index (χ0v) is 15.8. The first-order valence-corrected chi connectivity index (χ1v) is 9.85. The molecule has 1 atom stereocenters. The predicted octanol–water partition coefficient (Wildman–Crippen LogP) is 3.43. The van der Waals surface area contributed by atoms with E-state index in [0.717, 1.165) is 29.0 Å². The summed E-state index contributed by atoms with van der Waals surface area (Å²) in [7, 11) is 1.66. The average molecular weight is 385 g/mol. The first kappa shape index (κ1) is 17.9. The van der Waals surface area contributed by atoms with Crippen molar-refractivity contribution in [1.29, 1.82) is 0 Å². The number of amides is 2. The van der Waals surface area contributed by atoms with Crippen molar-refractivity contribution >= 4 is 28.9 Å². The zero-order valence-electron chi connectivity index (χ0n) is 15.0. The molecule has 4 rings (SSSR count). The maximum absolute atomic E-state index is 13.3. The van der Waals surface area contributed by atoms with Crippen molar-refractivity contribution in [3.63, 3.8) is 0 Å². The highest BCUT2D eigenvalue weighted by atomic mass is 32.1. The first-order valence-electron chi connectivity index (χ1n) is 8.97. The van der Waals surface area contributed by atoms with Crippen LogP contribution in [0.15, 0.2) is 46.9 Å². The van der Waals surface area contributed by atoms with Crippen LogP contribution in [0.25, 0.3) is 0 Å². The Hall–Kier alpha value is -2.54. The van der Waals surface area contributed by atoms with Crippen molar-refractivity contribution < 1.29 is 14.0 Å². The standard InChI is InChI=1S/C20H20FN3O2S/c1-23(20(26)14-4-5-14)12-19(25)24-17(13-6-8-15(21)9-7-13)11-16(22-24)18-3-2-10-27-18/h2-3,6-10,14,17H,4-5,11-12H2,1H3/t17-/m0/s1. The Morgan fingerprint density at radius 2 is 2.00 bits per heavy atom. The van der Waals surface area contributed by atoms with E-state index in [2.05, 4.69) is 5.10 Å². The molecule has 2 amide bonds. The van der Waals surface area contributed by atoms with E-state index in [0.29, 0.717) is 6.42 Å². The molecule has 0 N–H and O–H groups in total. The molecule has 1 aromatic heterocycles. The lowest BCUT2D eigenvalue weighted by Gasteiger charge is -2.25. The van der Waals surface area contributed by atoms with Gasteiger partial charge in [0.15, 0.2) is 0 Å². The van der Waals surface area contributed by atoms with Crippen LogP contribution in [-0.4, -0.2) is 41.0 Å². The Kier molecular flexibility index (Phi) is 4.78. The van der Waals surface area contributed by atoms with Crippen molar-refractivity contribution in [2.45, 2.75) is 25.3 Å². The van der Waals surface area contributed by atoms with Crippen LogP contribution < -0.4 is 0 Å². The molecule has 1 saturated carbocycles. The van der Waals surface area contributed by atoms with Gasteiger partial charge in [0.25, 0.3) is 5.91 Å². The second-order valence-corrected chi connectivity index (χ2v) is 7.95. The molecular weight excluding hydrogens is 365 g/mol. The Balaban J connectivity index is 1.57. The van der Waals surface area contributed by atoms with Crippen molar-refractivity contribution in [3.05, 3.63) is 58.0 Å². The number of carbonyl (C=O) groups excluding carboxylic acids is 2. The van der Waals surface area contributed by atoms with E-state index >= 15 is 0 Å². The van der Waals surface area contributed by atoms with Gasteiger partial charge in [-0.25, -0.2) is 9.40 Å². The van der Waals surface area contributed by atoms with Crippen molar-refractivity contribution in [1.82, 2.24) is 9.91 Å². The molecule has 2 aromatic rings. The number of rotatable bonds is 5. The summed E-state index contributed by atoms with van der Waals surface area (Å²) in [4.78, 5) is 27.6. The first-order chi connectivity index (χ1) is 13.0. The molecule has 1 aliphatic carbocycles. The number of hydrazone groups is 1. The van der Waals surface area contributed by atoms with Crippen LogP contribution in [0, 0.1) is 11.7 Å². The minimum Gasteiger partial charge on any atom is -0.336 e. The van der Waals surface area contributed by atoms with Gasteiger partial charge in [-0.2, -0.15) is 5.10 Å². The van der Waals surface area contributed by atoms with Crippen molar-refractivity contribution in [3.8, 4) is 0 Å². The molecule has 2 aliphatic rings. The molecule has 0 radical (unpaired) electrons. The number of carbonyl (C=O) groups is 2. The third-order valence-electron chi connectivity index (χ3n) is 4.90. The minimum atomic E-state index is -0.316. The normalized spacial score (nSPS) is 19.1. The van der Waals surface area contributed by atoms with Gasteiger partial charge < -0.3 is 4.90 Å². The van der Waals surface area contributed by atoms with Gasteiger partial charge >= 0.3 is 0 Å². The van der Waals surface area contributed by atoms with Gasteiger partial charge in [0.1, 0.15) is 12.4 Å². The average Bonchev–Trinajstić information content (AvgIpc) is 3.18. The Morgan fingerprint density at radius 1 is 1.26 bits per heavy atom. The van der Waals surface area contributed by atoms with Gasteiger partial charge in [0.2, 0.25) is 5.91 Å². The number of hydrogen-bond acceptors (Lipinski definition) is 4. The zero-order chi connectivity index (χ0) is 19.0. The summed E-state index contributed by atoms with van der Waals surface area (Å²) < 4.78 is 13.3. The summed E-state index contributed by atoms with van der Waals surface area (Å²) in [5.74, 6) is -0.459. The molecule has 0 bridgehead atoms. The highest BCUT2D eigenvalue weighted by molar-refractivity contribution is 7.12. The summed E-state index contributed by atoms with van der Waals surface area (Å²) in [5.41, 5.74) is 1.67. The number of halogens is 1. The van der Waals surface area contributed by atoms with Gasteiger partial charge in [-0.15, -0.1) is 11.3 Å². The Morgan fingerprint density at radius 3 is 2.63 bits per heavy atom. The van der Waals surface area contributed by atoms with E-state index in [4.69, 9.17) is 0 Å². The molecule has 0 spiro atoms. The van der Waals surface area contributed by atoms with E-state index in [1.165, 1.54) is 22.0 Å². The van der Waals surface area contributed by atoms with Gasteiger partial charge in [0, 0.05) is 19.4 Å². The van der Waals surface area contributed by atoms with Crippen LogP contribution in [0.2, 0.25) is 0 Å². The van der Waals surface area contributed by atoms with Gasteiger partial charge in [-0.05, 0) is 42.0 Å². The van der Waals surface area contributed by atoms with Gasteiger partial charge in [0.05, 0.1) is 16.6 Å². The van der Waals surface area contributed by atoms with Crippen LogP contribution in [0.3, 0.4) is 0 Å². The van der Waals surface area contributed by atoms with Crippen LogP contribution in [0.1, 0.15) is 35.7 Å². The molecule has 1 aliphatic heterocycles. The molecule has 27 heavy (non-hydrogen) atoms. The fraction of sp³-hybridized carbons (Fsp3) is 0.350. The van der Waals surface area contributed by atoms with E-state index in [-0.39, 0.29) is 36.1 Å². The van der Waals surface area contributed by atoms with E-state index in [1.54, 1.807) is 30.5 Å². The Bertz CT molecular complexity index is 875. The summed E-state index contributed by atoms with van der Waals surface area (Å²) in [6.45, 7) is -0.00571. The third kappa shape index (κ3) is 3.78.